The molecule has 2 nitrogen and oxygen atoms in total. The minimum Gasteiger partial charge on any atom is -0.314 e. The molecule has 0 aromatic heterocycles. The third-order valence-electron chi connectivity index (χ3n) is 10.4. The Hall–Kier alpha value is -6.90. The predicted octanol–water partition coefficient (Wildman–Crippen LogP) is 14.5. The summed E-state index contributed by atoms with van der Waals surface area (Å²) in [6.45, 7) is 0. The molecule has 0 radical (unpaired) electrons. The van der Waals surface area contributed by atoms with Crippen LogP contribution in [0.25, 0.3) is 38.6 Å². The number of hydrogen-bond acceptors (Lipinski definition) is 2. The van der Waals surface area contributed by atoms with Gasteiger partial charge in [0.2, 0.25) is 0 Å². The lowest BCUT2D eigenvalue weighted by atomic mass is 9.95. The van der Waals surface area contributed by atoms with Gasteiger partial charge in [-0.05, 0) is 124 Å². The minimum atomic E-state index is 0.958. The summed E-state index contributed by atoms with van der Waals surface area (Å²) in [5.74, 6) is 0. The molecule has 1 aliphatic carbocycles. The van der Waals surface area contributed by atoms with Crippen molar-refractivity contribution in [2.45, 2.75) is 12.8 Å². The van der Waals surface area contributed by atoms with E-state index in [-0.39, 0.29) is 0 Å². The predicted molar refractivity (Wildman–Crippen MR) is 230 cm³/mol. The molecule has 8 aromatic carbocycles. The Morgan fingerprint density at radius 1 is 0.278 bits per heavy atom. The van der Waals surface area contributed by atoms with Crippen LogP contribution < -0.4 is 9.80 Å². The highest BCUT2D eigenvalue weighted by Crippen LogP contribution is 2.40. The summed E-state index contributed by atoms with van der Waals surface area (Å²) < 4.78 is 0. The lowest BCUT2D eigenvalue weighted by Crippen LogP contribution is -2.17. The van der Waals surface area contributed by atoms with E-state index in [1.54, 1.807) is 0 Å². The van der Waals surface area contributed by atoms with Crippen molar-refractivity contribution in [1.29, 1.82) is 0 Å². The van der Waals surface area contributed by atoms with Gasteiger partial charge >= 0.3 is 0 Å². The Morgan fingerprint density at radius 3 is 1.24 bits per heavy atom. The maximum absolute atomic E-state index is 2.42. The second-order valence-electron chi connectivity index (χ2n) is 13.8. The molecule has 0 atom stereocenters. The zero-order valence-corrected chi connectivity index (χ0v) is 30.1. The fourth-order valence-electron chi connectivity index (χ4n) is 7.57. The van der Waals surface area contributed by atoms with E-state index in [9.17, 15) is 0 Å². The standard InChI is InChI=1S/C52H40N2/c1-4-12-39(13-5-1)42-20-29-48(30-21-42)53(49-31-22-43(23-32-49)40-14-6-2-7-15-40)50-33-24-44(25-34-50)45-26-35-51(36-27-45)54(47-18-8-3-9-19-47)52-37-28-41-16-10-11-17-46(41)38-52/h1-22,24-31,33-38H,23,32H2. The van der Waals surface area contributed by atoms with Crippen molar-refractivity contribution >= 4 is 44.8 Å². The van der Waals surface area contributed by atoms with Crippen molar-refractivity contribution < 1.29 is 0 Å². The van der Waals surface area contributed by atoms with Gasteiger partial charge in [-0.25, -0.2) is 0 Å². The number of nitrogens with zero attached hydrogens (tertiary/aromatic N) is 2. The van der Waals surface area contributed by atoms with Gasteiger partial charge in [-0.1, -0.05) is 152 Å². The molecule has 0 unspecified atom stereocenters. The van der Waals surface area contributed by atoms with E-state index in [4.69, 9.17) is 0 Å². The Morgan fingerprint density at radius 2 is 0.704 bits per heavy atom. The summed E-state index contributed by atoms with van der Waals surface area (Å²) in [5, 5.41) is 2.47. The molecule has 0 bridgehead atoms. The quantitative estimate of drug-likeness (QED) is 0.149. The summed E-state index contributed by atoms with van der Waals surface area (Å²) in [6.07, 6.45) is 6.56. The van der Waals surface area contributed by atoms with Crippen molar-refractivity contribution in [3.63, 3.8) is 0 Å². The highest BCUT2D eigenvalue weighted by Gasteiger charge is 2.19. The van der Waals surface area contributed by atoms with Crippen molar-refractivity contribution in [2.75, 3.05) is 9.80 Å². The molecule has 0 saturated carbocycles. The fraction of sp³-hybridized carbons (Fsp3) is 0.0385. The summed E-state index contributed by atoms with van der Waals surface area (Å²) in [7, 11) is 0. The molecule has 0 heterocycles. The van der Waals surface area contributed by atoms with Gasteiger partial charge in [0, 0.05) is 34.1 Å². The number of benzene rings is 8. The van der Waals surface area contributed by atoms with Crippen LogP contribution in [0.5, 0.6) is 0 Å². The number of fused-ring (bicyclic) bond motifs is 1. The van der Waals surface area contributed by atoms with Gasteiger partial charge < -0.3 is 9.80 Å². The van der Waals surface area contributed by atoms with Crippen molar-refractivity contribution in [3.05, 3.63) is 230 Å². The maximum atomic E-state index is 2.42. The number of rotatable bonds is 9. The van der Waals surface area contributed by atoms with E-state index < -0.39 is 0 Å². The molecule has 9 rings (SSSR count). The molecular formula is C52H40N2. The second kappa shape index (κ2) is 15.0. The SMILES string of the molecule is C1=C(c2ccccc2)CCC(N(c2ccc(-c3ccccc3)cc2)c2ccc(-c3ccc(N(c4ccccc4)c4ccc5ccccc5c4)cc3)cc2)=C1. The minimum absolute atomic E-state index is 0.958. The topological polar surface area (TPSA) is 6.48 Å². The smallest absolute Gasteiger partial charge is 0.0468 e. The van der Waals surface area contributed by atoms with E-state index in [2.05, 4.69) is 228 Å². The average molecular weight is 693 g/mol. The van der Waals surface area contributed by atoms with Gasteiger partial charge in [-0.15, -0.1) is 0 Å². The molecule has 0 N–H and O–H groups in total. The molecule has 0 spiro atoms. The largest absolute Gasteiger partial charge is 0.314 e. The summed E-state index contributed by atoms with van der Waals surface area (Å²) in [6, 6.07) is 74.1. The lowest BCUT2D eigenvalue weighted by molar-refractivity contribution is 0.930. The third kappa shape index (κ3) is 6.86. The average Bonchev–Trinajstić information content (AvgIpc) is 3.26. The van der Waals surface area contributed by atoms with Crippen molar-refractivity contribution in [1.82, 2.24) is 0 Å². The second-order valence-corrected chi connectivity index (χ2v) is 13.8. The number of allylic oxidation sites excluding steroid dienone is 4. The van der Waals surface area contributed by atoms with Gasteiger partial charge in [0.15, 0.2) is 0 Å². The summed E-state index contributed by atoms with van der Waals surface area (Å²) in [4.78, 5) is 4.75. The highest BCUT2D eigenvalue weighted by atomic mass is 15.2. The Balaban J connectivity index is 1.03. The Bertz CT molecular complexity index is 2550. The number of anilines is 5. The molecule has 1 aliphatic rings. The van der Waals surface area contributed by atoms with E-state index in [0.717, 1.165) is 41.3 Å². The monoisotopic (exact) mass is 692 g/mol. The molecule has 54 heavy (non-hydrogen) atoms. The first kappa shape index (κ1) is 33.0. The van der Waals surface area contributed by atoms with Crippen LogP contribution in [0, 0.1) is 0 Å². The van der Waals surface area contributed by atoms with Crippen LogP contribution in [0.2, 0.25) is 0 Å². The van der Waals surface area contributed by atoms with Crippen LogP contribution in [0.4, 0.5) is 28.4 Å². The van der Waals surface area contributed by atoms with Crippen molar-refractivity contribution in [3.8, 4) is 22.3 Å². The first-order chi connectivity index (χ1) is 26.8. The first-order valence-corrected chi connectivity index (χ1v) is 18.7. The number of hydrogen-bond donors (Lipinski definition) is 0. The van der Waals surface area contributed by atoms with E-state index in [0.29, 0.717) is 0 Å². The van der Waals surface area contributed by atoms with Gasteiger partial charge in [0.25, 0.3) is 0 Å². The maximum Gasteiger partial charge on any atom is 0.0468 e. The highest BCUT2D eigenvalue weighted by molar-refractivity contribution is 5.89. The first-order valence-electron chi connectivity index (χ1n) is 18.7. The normalized spacial score (nSPS) is 12.5. The van der Waals surface area contributed by atoms with Gasteiger partial charge in [-0.2, -0.15) is 0 Å². The molecule has 0 fully saturated rings. The molecular weight excluding hydrogens is 653 g/mol. The zero-order valence-electron chi connectivity index (χ0n) is 30.1. The molecule has 0 saturated heterocycles. The summed E-state index contributed by atoms with van der Waals surface area (Å²) >= 11 is 0. The molecule has 8 aromatic rings. The summed E-state index contributed by atoms with van der Waals surface area (Å²) in [5.41, 5.74) is 14.5. The Kier molecular flexibility index (Phi) is 9.15. The van der Waals surface area contributed by atoms with Gasteiger partial charge in [0.05, 0.1) is 0 Å². The number of para-hydroxylation sites is 1. The lowest BCUT2D eigenvalue weighted by Gasteiger charge is -2.30. The van der Waals surface area contributed by atoms with E-state index in [1.165, 1.54) is 49.9 Å². The van der Waals surface area contributed by atoms with Gasteiger partial charge in [0.1, 0.15) is 0 Å². The van der Waals surface area contributed by atoms with Crippen molar-refractivity contribution in [2.24, 2.45) is 0 Å². The van der Waals surface area contributed by atoms with Crippen LogP contribution in [-0.2, 0) is 0 Å². The van der Waals surface area contributed by atoms with Crippen LogP contribution >= 0.6 is 0 Å². The molecule has 0 amide bonds. The van der Waals surface area contributed by atoms with E-state index >= 15 is 0 Å². The van der Waals surface area contributed by atoms with Crippen LogP contribution in [0.1, 0.15) is 18.4 Å². The van der Waals surface area contributed by atoms with Crippen LogP contribution in [0.3, 0.4) is 0 Å². The fourth-order valence-corrected chi connectivity index (χ4v) is 7.57. The van der Waals surface area contributed by atoms with Gasteiger partial charge in [-0.3, -0.25) is 0 Å². The molecule has 0 aliphatic heterocycles. The van der Waals surface area contributed by atoms with Crippen LogP contribution in [-0.4, -0.2) is 0 Å². The van der Waals surface area contributed by atoms with Crippen LogP contribution in [0.15, 0.2) is 224 Å². The van der Waals surface area contributed by atoms with E-state index in [1.807, 2.05) is 0 Å². The Labute approximate surface area is 318 Å². The molecule has 258 valence electrons. The third-order valence-corrected chi connectivity index (χ3v) is 10.4. The molecule has 2 heteroatoms. The zero-order chi connectivity index (χ0) is 36.1.